The Morgan fingerprint density at radius 3 is 2.90 bits per heavy atom. The summed E-state index contributed by atoms with van der Waals surface area (Å²) in [6, 6.07) is 0.614. The van der Waals surface area contributed by atoms with E-state index in [-0.39, 0.29) is 0 Å². The molecule has 2 heteroatoms. The SMILES string of the molecule is CCN1CC(=O)CCC1C. The van der Waals surface area contributed by atoms with Crippen LogP contribution in [0.4, 0.5) is 0 Å². The van der Waals surface area contributed by atoms with Crippen molar-refractivity contribution in [3.8, 4) is 0 Å². The largest absolute Gasteiger partial charge is 0.298 e. The highest BCUT2D eigenvalue weighted by Gasteiger charge is 2.21. The number of nitrogens with zero attached hydrogens (tertiary/aromatic N) is 1. The monoisotopic (exact) mass is 141 g/mol. The third-order valence-electron chi connectivity index (χ3n) is 2.25. The fraction of sp³-hybridized carbons (Fsp3) is 0.875. The van der Waals surface area contributed by atoms with E-state index in [4.69, 9.17) is 0 Å². The average molecular weight is 141 g/mol. The molecule has 0 aromatic carbocycles. The highest BCUT2D eigenvalue weighted by molar-refractivity contribution is 5.81. The average Bonchev–Trinajstić information content (AvgIpc) is 1.94. The van der Waals surface area contributed by atoms with E-state index >= 15 is 0 Å². The molecule has 0 amide bonds. The minimum atomic E-state index is 0.403. The zero-order valence-corrected chi connectivity index (χ0v) is 6.76. The summed E-state index contributed by atoms with van der Waals surface area (Å²) in [5, 5.41) is 0. The van der Waals surface area contributed by atoms with Crippen molar-refractivity contribution in [1.29, 1.82) is 0 Å². The molecule has 1 aliphatic rings. The Hall–Kier alpha value is -0.370. The predicted octanol–water partition coefficient (Wildman–Crippen LogP) is 1.06. The van der Waals surface area contributed by atoms with E-state index in [9.17, 15) is 4.79 Å². The Bertz CT molecular complexity index is 133. The second-order valence-corrected chi connectivity index (χ2v) is 2.99. The number of carbonyl (C=O) groups is 1. The van der Waals surface area contributed by atoms with Gasteiger partial charge in [0.05, 0.1) is 6.54 Å². The summed E-state index contributed by atoms with van der Waals surface area (Å²) >= 11 is 0. The van der Waals surface area contributed by atoms with Gasteiger partial charge in [-0.25, -0.2) is 0 Å². The van der Waals surface area contributed by atoms with Gasteiger partial charge in [0.2, 0.25) is 0 Å². The van der Waals surface area contributed by atoms with Gasteiger partial charge in [0.25, 0.3) is 0 Å². The van der Waals surface area contributed by atoms with E-state index in [2.05, 4.69) is 18.7 Å². The molecular formula is C8H15NO. The molecule has 0 radical (unpaired) electrons. The summed E-state index contributed by atoms with van der Waals surface area (Å²) in [5.74, 6) is 0.403. The van der Waals surface area contributed by atoms with Crippen LogP contribution in [0.3, 0.4) is 0 Å². The minimum absolute atomic E-state index is 0.403. The lowest BCUT2D eigenvalue weighted by molar-refractivity contribution is -0.123. The normalized spacial score (nSPS) is 29.0. The lowest BCUT2D eigenvalue weighted by Crippen LogP contribution is -2.41. The van der Waals surface area contributed by atoms with E-state index in [1.54, 1.807) is 0 Å². The minimum Gasteiger partial charge on any atom is -0.298 e. The Balaban J connectivity index is 2.45. The van der Waals surface area contributed by atoms with Crippen molar-refractivity contribution in [2.24, 2.45) is 0 Å². The van der Waals surface area contributed by atoms with E-state index in [0.29, 0.717) is 18.4 Å². The Morgan fingerprint density at radius 1 is 1.70 bits per heavy atom. The summed E-state index contributed by atoms with van der Waals surface area (Å²) in [6.45, 7) is 5.98. The maximum atomic E-state index is 10.9. The van der Waals surface area contributed by atoms with Gasteiger partial charge in [0.15, 0.2) is 0 Å². The number of hydrogen-bond acceptors (Lipinski definition) is 2. The quantitative estimate of drug-likeness (QED) is 0.544. The molecule has 1 fully saturated rings. The predicted molar refractivity (Wildman–Crippen MR) is 41.0 cm³/mol. The van der Waals surface area contributed by atoms with Crippen molar-refractivity contribution in [3.05, 3.63) is 0 Å². The van der Waals surface area contributed by atoms with E-state index in [1.165, 1.54) is 0 Å². The van der Waals surface area contributed by atoms with Crippen LogP contribution in [-0.4, -0.2) is 29.8 Å². The van der Waals surface area contributed by atoms with Crippen molar-refractivity contribution >= 4 is 5.78 Å². The van der Waals surface area contributed by atoms with Crippen molar-refractivity contribution < 1.29 is 4.79 Å². The summed E-state index contributed by atoms with van der Waals surface area (Å²) in [6.07, 6.45) is 1.84. The smallest absolute Gasteiger partial charge is 0.146 e. The lowest BCUT2D eigenvalue weighted by atomic mass is 10.0. The van der Waals surface area contributed by atoms with E-state index in [1.807, 2.05) is 0 Å². The molecule has 0 spiro atoms. The first kappa shape index (κ1) is 7.73. The first-order valence-corrected chi connectivity index (χ1v) is 3.99. The van der Waals surface area contributed by atoms with Gasteiger partial charge >= 0.3 is 0 Å². The van der Waals surface area contributed by atoms with Gasteiger partial charge < -0.3 is 0 Å². The van der Waals surface area contributed by atoms with Crippen molar-refractivity contribution in [1.82, 2.24) is 4.90 Å². The second kappa shape index (κ2) is 3.15. The Kier molecular flexibility index (Phi) is 2.44. The number of piperidine rings is 1. The van der Waals surface area contributed by atoms with Crippen LogP contribution in [0.1, 0.15) is 26.7 Å². The van der Waals surface area contributed by atoms with Crippen LogP contribution in [0, 0.1) is 0 Å². The van der Waals surface area contributed by atoms with Crippen molar-refractivity contribution in [3.63, 3.8) is 0 Å². The van der Waals surface area contributed by atoms with Crippen LogP contribution in [-0.2, 0) is 4.79 Å². The third kappa shape index (κ3) is 1.57. The summed E-state index contributed by atoms with van der Waals surface area (Å²) in [5.41, 5.74) is 0. The van der Waals surface area contributed by atoms with Gasteiger partial charge in [-0.15, -0.1) is 0 Å². The van der Waals surface area contributed by atoms with Gasteiger partial charge in [-0.3, -0.25) is 9.69 Å². The molecule has 2 nitrogen and oxygen atoms in total. The van der Waals surface area contributed by atoms with Gasteiger partial charge in [0, 0.05) is 12.5 Å². The zero-order chi connectivity index (χ0) is 7.56. The molecule has 0 aromatic rings. The molecule has 0 aliphatic carbocycles. The highest BCUT2D eigenvalue weighted by Crippen LogP contribution is 2.12. The molecular weight excluding hydrogens is 126 g/mol. The van der Waals surface area contributed by atoms with Crippen molar-refractivity contribution in [2.45, 2.75) is 32.7 Å². The Morgan fingerprint density at radius 2 is 2.40 bits per heavy atom. The number of ketones is 1. The maximum absolute atomic E-state index is 10.9. The van der Waals surface area contributed by atoms with Crippen molar-refractivity contribution in [2.75, 3.05) is 13.1 Å². The molecule has 0 N–H and O–H groups in total. The first-order valence-electron chi connectivity index (χ1n) is 3.99. The summed E-state index contributed by atoms with van der Waals surface area (Å²) in [7, 11) is 0. The van der Waals surface area contributed by atoms with E-state index in [0.717, 1.165) is 19.4 Å². The van der Waals surface area contributed by atoms with Gasteiger partial charge in [-0.2, -0.15) is 0 Å². The molecule has 0 saturated carbocycles. The molecule has 58 valence electrons. The Labute approximate surface area is 62.2 Å². The molecule has 1 saturated heterocycles. The van der Waals surface area contributed by atoms with Gasteiger partial charge in [-0.1, -0.05) is 6.92 Å². The van der Waals surface area contributed by atoms with Crippen LogP contribution in [0.25, 0.3) is 0 Å². The van der Waals surface area contributed by atoms with Gasteiger partial charge in [-0.05, 0) is 19.9 Å². The van der Waals surface area contributed by atoms with Gasteiger partial charge in [0.1, 0.15) is 5.78 Å². The van der Waals surface area contributed by atoms with Crippen LogP contribution in [0.5, 0.6) is 0 Å². The maximum Gasteiger partial charge on any atom is 0.146 e. The number of Topliss-reactive ketones (excluding diaryl/α,β-unsaturated/α-hetero) is 1. The number of carbonyl (C=O) groups excluding carboxylic acids is 1. The fourth-order valence-electron chi connectivity index (χ4n) is 1.44. The van der Waals surface area contributed by atoms with Crippen LogP contribution < -0.4 is 0 Å². The fourth-order valence-corrected chi connectivity index (χ4v) is 1.44. The summed E-state index contributed by atoms with van der Waals surface area (Å²) < 4.78 is 0. The lowest BCUT2D eigenvalue weighted by Gasteiger charge is -2.30. The van der Waals surface area contributed by atoms with Crippen LogP contribution in [0.2, 0.25) is 0 Å². The van der Waals surface area contributed by atoms with E-state index < -0.39 is 0 Å². The number of rotatable bonds is 1. The third-order valence-corrected chi connectivity index (χ3v) is 2.25. The zero-order valence-electron chi connectivity index (χ0n) is 6.76. The standard InChI is InChI=1S/C8H15NO/c1-3-9-6-8(10)5-4-7(9)2/h7H,3-6H2,1-2H3. The highest BCUT2D eigenvalue weighted by atomic mass is 16.1. The summed E-state index contributed by atoms with van der Waals surface area (Å²) in [4.78, 5) is 13.2. The number of hydrogen-bond donors (Lipinski definition) is 0. The molecule has 1 atom stereocenters. The number of likely N-dealkylation sites (N-methyl/N-ethyl adjacent to an activating group) is 1. The molecule has 1 unspecified atom stereocenters. The molecule has 10 heavy (non-hydrogen) atoms. The number of likely N-dealkylation sites (tertiary alicyclic amines) is 1. The van der Waals surface area contributed by atoms with Crippen LogP contribution >= 0.6 is 0 Å². The molecule has 0 bridgehead atoms. The molecule has 1 heterocycles. The molecule has 1 aliphatic heterocycles. The van der Waals surface area contributed by atoms with Crippen LogP contribution in [0.15, 0.2) is 0 Å². The second-order valence-electron chi connectivity index (χ2n) is 2.99. The topological polar surface area (TPSA) is 20.3 Å². The molecule has 1 rings (SSSR count). The first-order chi connectivity index (χ1) is 4.74. The molecule has 0 aromatic heterocycles.